The van der Waals surface area contributed by atoms with Crippen molar-refractivity contribution in [1.29, 1.82) is 0 Å². The summed E-state index contributed by atoms with van der Waals surface area (Å²) in [5.41, 5.74) is -1.57. The molecule has 0 aliphatic carbocycles. The maximum absolute atomic E-state index is 12.6. The van der Waals surface area contributed by atoms with E-state index >= 15 is 0 Å². The smallest absolute Gasteiger partial charge is 0.396 e. The quantitative estimate of drug-likeness (QED) is 0.792. The molecule has 0 saturated carbocycles. The minimum Gasteiger partial charge on any atom is -0.396 e. The summed E-state index contributed by atoms with van der Waals surface area (Å²) in [6, 6.07) is 1.86. The summed E-state index contributed by atoms with van der Waals surface area (Å²) in [5, 5.41) is 15.8. The van der Waals surface area contributed by atoms with Crippen LogP contribution < -0.4 is 10.9 Å². The monoisotopic (exact) mass is 390 g/mol. The van der Waals surface area contributed by atoms with Gasteiger partial charge in [-0.1, -0.05) is 25.4 Å². The van der Waals surface area contributed by atoms with Crippen molar-refractivity contribution >= 4 is 17.3 Å². The van der Waals surface area contributed by atoms with E-state index in [1.54, 1.807) is 0 Å². The first-order chi connectivity index (χ1) is 12.0. The van der Waals surface area contributed by atoms with Crippen LogP contribution in [0.2, 0.25) is 5.02 Å². The normalized spacial score (nSPS) is 12.3. The van der Waals surface area contributed by atoms with E-state index in [9.17, 15) is 18.0 Å². The lowest BCUT2D eigenvalue weighted by atomic mass is 9.90. The Kier molecular flexibility index (Phi) is 5.92. The zero-order chi connectivity index (χ0) is 19.5. The van der Waals surface area contributed by atoms with Crippen LogP contribution in [-0.2, 0) is 6.18 Å². The molecule has 0 spiro atoms. The molecule has 6 nitrogen and oxygen atoms in total. The number of halogens is 4. The van der Waals surface area contributed by atoms with Crippen LogP contribution in [0.1, 0.15) is 25.8 Å². The summed E-state index contributed by atoms with van der Waals surface area (Å²) >= 11 is 6.07. The second-order valence-electron chi connectivity index (χ2n) is 6.48. The third kappa shape index (κ3) is 4.73. The van der Waals surface area contributed by atoms with Gasteiger partial charge in [-0.25, -0.2) is 4.98 Å². The van der Waals surface area contributed by atoms with Crippen molar-refractivity contribution in [2.45, 2.75) is 26.4 Å². The van der Waals surface area contributed by atoms with Gasteiger partial charge >= 0.3 is 6.18 Å². The molecule has 0 fully saturated rings. The third-order valence-electron chi connectivity index (χ3n) is 3.76. The summed E-state index contributed by atoms with van der Waals surface area (Å²) in [5.74, 6) is -0.0722. The average molecular weight is 391 g/mol. The van der Waals surface area contributed by atoms with Crippen LogP contribution in [0.25, 0.3) is 5.82 Å². The number of aromatic nitrogens is 3. The van der Waals surface area contributed by atoms with E-state index in [-0.39, 0.29) is 22.9 Å². The molecule has 2 heterocycles. The van der Waals surface area contributed by atoms with Crippen LogP contribution >= 0.6 is 11.6 Å². The SMILES string of the molecule is CC(C)(CCO)CNc1cnn(-c2ccc(C(F)(F)F)cn2)c(=O)c1Cl. The van der Waals surface area contributed by atoms with Crippen molar-refractivity contribution in [3.63, 3.8) is 0 Å². The van der Waals surface area contributed by atoms with Gasteiger partial charge in [-0.05, 0) is 24.0 Å². The molecule has 0 atom stereocenters. The Bertz CT molecular complexity index is 820. The van der Waals surface area contributed by atoms with Gasteiger partial charge in [0.1, 0.15) is 5.02 Å². The maximum atomic E-state index is 12.6. The van der Waals surface area contributed by atoms with E-state index in [2.05, 4.69) is 15.4 Å². The number of hydrogen-bond acceptors (Lipinski definition) is 5. The molecule has 0 unspecified atom stereocenters. The van der Waals surface area contributed by atoms with E-state index in [1.165, 1.54) is 6.20 Å². The summed E-state index contributed by atoms with van der Waals surface area (Å²) in [4.78, 5) is 16.0. The van der Waals surface area contributed by atoms with Gasteiger partial charge in [0.05, 0.1) is 17.4 Å². The molecule has 142 valence electrons. The highest BCUT2D eigenvalue weighted by Crippen LogP contribution is 2.28. The molecule has 0 aliphatic heterocycles. The number of aliphatic hydroxyl groups is 1. The van der Waals surface area contributed by atoms with E-state index in [4.69, 9.17) is 16.7 Å². The Morgan fingerprint density at radius 3 is 2.50 bits per heavy atom. The van der Waals surface area contributed by atoms with Gasteiger partial charge in [0.15, 0.2) is 5.82 Å². The van der Waals surface area contributed by atoms with Crippen LogP contribution in [0.3, 0.4) is 0 Å². The second-order valence-corrected chi connectivity index (χ2v) is 6.86. The lowest BCUT2D eigenvalue weighted by Crippen LogP contribution is -2.27. The molecule has 0 bridgehead atoms. The highest BCUT2D eigenvalue weighted by atomic mass is 35.5. The van der Waals surface area contributed by atoms with Crippen LogP contribution in [0, 0.1) is 5.41 Å². The average Bonchev–Trinajstić information content (AvgIpc) is 2.55. The van der Waals surface area contributed by atoms with Crippen LogP contribution in [0.15, 0.2) is 29.3 Å². The van der Waals surface area contributed by atoms with Gasteiger partial charge in [-0.2, -0.15) is 23.0 Å². The summed E-state index contributed by atoms with van der Waals surface area (Å²) < 4.78 is 38.6. The predicted molar refractivity (Wildman–Crippen MR) is 91.6 cm³/mol. The molecule has 0 aromatic carbocycles. The number of nitrogens with zero attached hydrogens (tertiary/aromatic N) is 3. The van der Waals surface area contributed by atoms with Crippen molar-refractivity contribution in [3.05, 3.63) is 45.5 Å². The lowest BCUT2D eigenvalue weighted by molar-refractivity contribution is -0.137. The molecule has 2 N–H and O–H groups in total. The molecule has 0 saturated heterocycles. The summed E-state index contributed by atoms with van der Waals surface area (Å²) in [7, 11) is 0. The maximum Gasteiger partial charge on any atom is 0.417 e. The summed E-state index contributed by atoms with van der Waals surface area (Å²) in [6.45, 7) is 4.34. The number of nitrogens with one attached hydrogen (secondary N) is 1. The first kappa shape index (κ1) is 20.2. The van der Waals surface area contributed by atoms with E-state index in [0.717, 1.165) is 16.8 Å². The first-order valence-electron chi connectivity index (χ1n) is 7.71. The van der Waals surface area contributed by atoms with E-state index in [0.29, 0.717) is 24.8 Å². The van der Waals surface area contributed by atoms with Crippen molar-refractivity contribution in [2.24, 2.45) is 5.41 Å². The van der Waals surface area contributed by atoms with Crippen molar-refractivity contribution in [3.8, 4) is 5.82 Å². The van der Waals surface area contributed by atoms with Gasteiger partial charge in [0.25, 0.3) is 5.56 Å². The summed E-state index contributed by atoms with van der Waals surface area (Å²) in [6.07, 6.45) is -2.03. The zero-order valence-electron chi connectivity index (χ0n) is 14.1. The fraction of sp³-hybridized carbons (Fsp3) is 0.438. The fourth-order valence-corrected chi connectivity index (χ4v) is 2.32. The minimum absolute atomic E-state index is 0.0296. The molecule has 2 aromatic rings. The van der Waals surface area contributed by atoms with Gasteiger partial charge in [0, 0.05) is 19.3 Å². The molecule has 0 aliphatic rings. The molecular formula is C16H18ClF3N4O2. The Morgan fingerprint density at radius 2 is 1.96 bits per heavy atom. The molecule has 2 aromatic heterocycles. The first-order valence-corrected chi connectivity index (χ1v) is 8.09. The fourth-order valence-electron chi connectivity index (χ4n) is 2.12. The molecule has 0 radical (unpaired) electrons. The Hall–Kier alpha value is -2.13. The van der Waals surface area contributed by atoms with Gasteiger partial charge < -0.3 is 10.4 Å². The standard InChI is InChI=1S/C16H18ClF3N4O2/c1-15(2,5-6-25)9-22-11-8-23-24(14(26)13(11)17)12-4-3-10(7-21-12)16(18,19)20/h3-4,7-8,22,25H,5-6,9H2,1-2H3. The van der Waals surface area contributed by atoms with Gasteiger partial charge in [-0.3, -0.25) is 4.79 Å². The Balaban J connectivity index is 2.26. The second kappa shape index (κ2) is 7.63. The minimum atomic E-state index is -4.52. The number of alkyl halides is 3. The number of aliphatic hydroxyl groups excluding tert-OH is 1. The van der Waals surface area contributed by atoms with Gasteiger partial charge in [-0.15, -0.1) is 0 Å². The molecular weight excluding hydrogens is 373 g/mol. The number of hydrogen-bond donors (Lipinski definition) is 2. The lowest BCUT2D eigenvalue weighted by Gasteiger charge is -2.24. The molecule has 2 rings (SSSR count). The van der Waals surface area contributed by atoms with E-state index < -0.39 is 17.3 Å². The Morgan fingerprint density at radius 1 is 1.27 bits per heavy atom. The number of rotatable bonds is 6. The van der Waals surface area contributed by atoms with Crippen LogP contribution in [0.4, 0.5) is 18.9 Å². The highest BCUT2D eigenvalue weighted by molar-refractivity contribution is 6.32. The zero-order valence-corrected chi connectivity index (χ0v) is 14.9. The predicted octanol–water partition coefficient (Wildman–Crippen LogP) is 3.12. The van der Waals surface area contributed by atoms with Crippen molar-refractivity contribution < 1.29 is 18.3 Å². The van der Waals surface area contributed by atoms with Crippen molar-refractivity contribution in [1.82, 2.24) is 14.8 Å². The topological polar surface area (TPSA) is 80.0 Å². The third-order valence-corrected chi connectivity index (χ3v) is 4.12. The molecule has 26 heavy (non-hydrogen) atoms. The molecule has 10 heteroatoms. The number of anilines is 1. The highest BCUT2D eigenvalue weighted by Gasteiger charge is 2.30. The largest absolute Gasteiger partial charge is 0.417 e. The van der Waals surface area contributed by atoms with Crippen molar-refractivity contribution in [2.75, 3.05) is 18.5 Å². The molecule has 0 amide bonds. The number of pyridine rings is 1. The van der Waals surface area contributed by atoms with E-state index in [1.807, 2.05) is 13.8 Å². The Labute approximate surface area is 152 Å². The van der Waals surface area contributed by atoms with Gasteiger partial charge in [0.2, 0.25) is 0 Å². The van der Waals surface area contributed by atoms with Crippen LogP contribution in [0.5, 0.6) is 0 Å². The van der Waals surface area contributed by atoms with Crippen LogP contribution in [-0.4, -0.2) is 33.0 Å².